The van der Waals surface area contributed by atoms with Crippen molar-refractivity contribution in [2.45, 2.75) is 25.4 Å². The van der Waals surface area contributed by atoms with Crippen molar-refractivity contribution in [3.63, 3.8) is 0 Å². The Morgan fingerprint density at radius 2 is 1.79 bits per heavy atom. The summed E-state index contributed by atoms with van der Waals surface area (Å²) in [5.41, 5.74) is 1.15. The molecule has 1 saturated heterocycles. The van der Waals surface area contributed by atoms with Crippen molar-refractivity contribution in [2.75, 3.05) is 48.4 Å². The molecule has 1 heterocycles. The predicted molar refractivity (Wildman–Crippen MR) is 115 cm³/mol. The smallest absolute Gasteiger partial charge is 0.227 e. The number of likely N-dealkylation sites (N-methyl/N-ethyl adjacent to an activating group) is 2. The second kappa shape index (κ2) is 8.93. The molecule has 0 unspecified atom stereocenters. The van der Waals surface area contributed by atoms with Gasteiger partial charge in [-0.1, -0.05) is 30.3 Å². The molecule has 1 fully saturated rings. The highest BCUT2D eigenvalue weighted by Crippen LogP contribution is 2.29. The van der Waals surface area contributed by atoms with E-state index in [-0.39, 0.29) is 11.8 Å². The molecule has 0 saturated carbocycles. The number of rotatable bonds is 5. The average molecular weight is 384 g/mol. The van der Waals surface area contributed by atoms with Crippen LogP contribution in [0, 0.1) is 5.92 Å². The Balaban J connectivity index is 1.75. The van der Waals surface area contributed by atoms with E-state index in [1.807, 2.05) is 30.1 Å². The molecule has 152 valence electrons. The number of ether oxygens (including phenoxy) is 1. The van der Waals surface area contributed by atoms with Gasteiger partial charge in [-0.15, -0.1) is 0 Å². The van der Waals surface area contributed by atoms with E-state index in [1.165, 1.54) is 0 Å². The minimum atomic E-state index is 0.0597. The molecule has 5 nitrogen and oxygen atoms in total. The summed E-state index contributed by atoms with van der Waals surface area (Å²) in [4.78, 5) is 19.7. The first-order valence-corrected chi connectivity index (χ1v) is 10.0. The lowest BCUT2D eigenvalue weighted by molar-refractivity contribution is -0.135. The zero-order valence-electron chi connectivity index (χ0n) is 17.8. The Morgan fingerprint density at radius 3 is 2.46 bits per heavy atom. The molecule has 0 aliphatic carbocycles. The van der Waals surface area contributed by atoms with Gasteiger partial charge in [-0.3, -0.25) is 4.79 Å². The fourth-order valence-electron chi connectivity index (χ4n) is 4.30. The van der Waals surface area contributed by atoms with Gasteiger partial charge in [0.1, 0.15) is 5.75 Å². The van der Waals surface area contributed by atoms with Gasteiger partial charge in [-0.25, -0.2) is 0 Å². The van der Waals surface area contributed by atoms with Crippen molar-refractivity contribution in [3.8, 4) is 5.75 Å². The van der Waals surface area contributed by atoms with Crippen LogP contribution in [0.3, 0.4) is 0 Å². The molecule has 0 bridgehead atoms. The number of fused-ring (bicyclic) bond motifs is 1. The normalized spacial score (nSPS) is 20.9. The summed E-state index contributed by atoms with van der Waals surface area (Å²) in [6, 6.07) is 12.8. The van der Waals surface area contributed by atoms with Crippen LogP contribution in [0.15, 0.2) is 36.4 Å². The average Bonchev–Trinajstić information content (AvgIpc) is 2.89. The number of amides is 1. The van der Waals surface area contributed by atoms with Gasteiger partial charge < -0.3 is 19.4 Å². The van der Waals surface area contributed by atoms with Gasteiger partial charge in [0.15, 0.2) is 0 Å². The molecule has 5 heteroatoms. The third-order valence-corrected chi connectivity index (χ3v) is 5.96. The van der Waals surface area contributed by atoms with Crippen LogP contribution in [0.1, 0.15) is 18.4 Å². The third kappa shape index (κ3) is 4.47. The molecule has 1 aliphatic heterocycles. The van der Waals surface area contributed by atoms with Crippen molar-refractivity contribution in [1.29, 1.82) is 0 Å². The minimum Gasteiger partial charge on any atom is -0.496 e. The summed E-state index contributed by atoms with van der Waals surface area (Å²) in [6.07, 6.45) is 2.01. The molecule has 1 aliphatic rings. The summed E-state index contributed by atoms with van der Waals surface area (Å²) < 4.78 is 5.50. The lowest BCUT2D eigenvalue weighted by Crippen LogP contribution is -2.39. The van der Waals surface area contributed by atoms with E-state index >= 15 is 0 Å². The summed E-state index contributed by atoms with van der Waals surface area (Å²) in [5.74, 6) is 1.17. The molecule has 2 atom stereocenters. The predicted octanol–water partition coefficient (Wildman–Crippen LogP) is 3.08. The first kappa shape index (κ1) is 20.6. The number of methoxy groups -OCH3 is 1. The Morgan fingerprint density at radius 1 is 1.07 bits per heavy atom. The summed E-state index contributed by atoms with van der Waals surface area (Å²) in [5, 5.41) is 2.23. The van der Waals surface area contributed by atoms with E-state index in [4.69, 9.17) is 4.74 Å². The summed E-state index contributed by atoms with van der Waals surface area (Å²) >= 11 is 0. The maximum atomic E-state index is 13.2. The van der Waals surface area contributed by atoms with Gasteiger partial charge in [0.05, 0.1) is 13.0 Å². The molecular weight excluding hydrogens is 350 g/mol. The van der Waals surface area contributed by atoms with Crippen molar-refractivity contribution in [2.24, 2.45) is 5.92 Å². The van der Waals surface area contributed by atoms with Gasteiger partial charge in [-0.2, -0.15) is 0 Å². The first-order chi connectivity index (χ1) is 13.4. The topological polar surface area (TPSA) is 36.0 Å². The second-order valence-corrected chi connectivity index (χ2v) is 8.28. The highest BCUT2D eigenvalue weighted by molar-refractivity contribution is 5.91. The van der Waals surface area contributed by atoms with Gasteiger partial charge >= 0.3 is 0 Å². The zero-order chi connectivity index (χ0) is 20.3. The second-order valence-electron chi connectivity index (χ2n) is 8.28. The Hall–Kier alpha value is -2.11. The lowest BCUT2D eigenvalue weighted by atomic mass is 9.99. The number of carbonyl (C=O) groups is 1. The van der Waals surface area contributed by atoms with Crippen LogP contribution in [0.25, 0.3) is 10.8 Å². The SMILES string of the molecule is COc1ccc(CN(C)C(=O)[C@@H]2CC[C@H](N(C)C)CN(C)C2)c2ccccc12. The van der Waals surface area contributed by atoms with E-state index < -0.39 is 0 Å². The maximum Gasteiger partial charge on any atom is 0.227 e. The van der Waals surface area contributed by atoms with Gasteiger partial charge in [0, 0.05) is 38.1 Å². The van der Waals surface area contributed by atoms with Crippen molar-refractivity contribution in [1.82, 2.24) is 14.7 Å². The fourth-order valence-corrected chi connectivity index (χ4v) is 4.30. The highest BCUT2D eigenvalue weighted by atomic mass is 16.5. The molecule has 2 aromatic rings. The highest BCUT2D eigenvalue weighted by Gasteiger charge is 2.29. The monoisotopic (exact) mass is 383 g/mol. The Labute approximate surface area is 168 Å². The van der Waals surface area contributed by atoms with Crippen molar-refractivity contribution in [3.05, 3.63) is 42.0 Å². The quantitative estimate of drug-likeness (QED) is 0.795. The molecule has 0 N–H and O–H groups in total. The number of hydrogen-bond donors (Lipinski definition) is 0. The molecule has 0 radical (unpaired) electrons. The number of nitrogens with zero attached hydrogens (tertiary/aromatic N) is 3. The van der Waals surface area contributed by atoms with Crippen LogP contribution in [0.2, 0.25) is 0 Å². The first-order valence-electron chi connectivity index (χ1n) is 10.0. The largest absolute Gasteiger partial charge is 0.496 e. The van der Waals surface area contributed by atoms with Gasteiger partial charge in [0.2, 0.25) is 5.91 Å². The maximum absolute atomic E-state index is 13.2. The molecule has 3 rings (SSSR count). The molecule has 0 aromatic heterocycles. The van der Waals surface area contributed by atoms with E-state index in [1.54, 1.807) is 7.11 Å². The summed E-state index contributed by atoms with van der Waals surface area (Å²) in [6.45, 7) is 2.46. The third-order valence-electron chi connectivity index (χ3n) is 5.96. The standard InChI is InChI=1S/C23H33N3O2/c1-24(2)19-12-10-18(14-25(3)16-19)23(27)26(4)15-17-11-13-22(28-5)21-9-7-6-8-20(17)21/h6-9,11,13,18-19H,10,12,14-16H2,1-5H3/t18-,19+/m1/s1. The Kier molecular flexibility index (Phi) is 6.57. The number of carbonyl (C=O) groups excluding carboxylic acids is 1. The Bertz CT molecular complexity index is 821. The molecular formula is C23H33N3O2. The number of likely N-dealkylation sites (tertiary alicyclic amines) is 1. The molecule has 28 heavy (non-hydrogen) atoms. The van der Waals surface area contributed by atoms with Crippen LogP contribution < -0.4 is 4.74 Å². The number of benzene rings is 2. The van der Waals surface area contributed by atoms with Crippen LogP contribution in [0.4, 0.5) is 0 Å². The van der Waals surface area contributed by atoms with Gasteiger partial charge in [-0.05, 0) is 51.0 Å². The van der Waals surface area contributed by atoms with E-state index in [9.17, 15) is 4.79 Å². The van der Waals surface area contributed by atoms with Crippen LogP contribution in [0.5, 0.6) is 5.75 Å². The van der Waals surface area contributed by atoms with Crippen LogP contribution in [-0.4, -0.2) is 75.0 Å². The van der Waals surface area contributed by atoms with Crippen LogP contribution >= 0.6 is 0 Å². The fraction of sp³-hybridized carbons (Fsp3) is 0.522. The number of hydrogen-bond acceptors (Lipinski definition) is 4. The summed E-state index contributed by atoms with van der Waals surface area (Å²) in [7, 11) is 10.00. The minimum absolute atomic E-state index is 0.0597. The van der Waals surface area contributed by atoms with Crippen molar-refractivity contribution >= 4 is 16.7 Å². The van der Waals surface area contributed by atoms with Gasteiger partial charge in [0.25, 0.3) is 0 Å². The van der Waals surface area contributed by atoms with E-state index in [0.29, 0.717) is 12.6 Å². The van der Waals surface area contributed by atoms with E-state index in [0.717, 1.165) is 48.0 Å². The lowest BCUT2D eigenvalue weighted by Gasteiger charge is -2.26. The van der Waals surface area contributed by atoms with Crippen LogP contribution in [-0.2, 0) is 11.3 Å². The van der Waals surface area contributed by atoms with Crippen molar-refractivity contribution < 1.29 is 9.53 Å². The molecule has 2 aromatic carbocycles. The zero-order valence-corrected chi connectivity index (χ0v) is 17.8. The molecule has 1 amide bonds. The molecule has 0 spiro atoms. The van der Waals surface area contributed by atoms with E-state index in [2.05, 4.69) is 49.1 Å².